The van der Waals surface area contributed by atoms with Gasteiger partial charge in [0.15, 0.2) is 5.78 Å². The number of halogens is 2. The van der Waals surface area contributed by atoms with E-state index in [1.165, 1.54) is 0 Å². The monoisotopic (exact) mass is 273 g/mol. The molecule has 0 fully saturated rings. The third kappa shape index (κ3) is 3.68. The molecule has 0 amide bonds. The summed E-state index contributed by atoms with van der Waals surface area (Å²) >= 11 is 3.10. The molecule has 1 N–H and O–H groups in total. The first-order valence-electron chi connectivity index (χ1n) is 2.82. The molecule has 0 aromatic carbocycles. The van der Waals surface area contributed by atoms with Crippen LogP contribution in [0.3, 0.4) is 0 Å². The Labute approximate surface area is 80.7 Å². The maximum absolute atomic E-state index is 11.0. The van der Waals surface area contributed by atoms with Crippen molar-refractivity contribution in [3.8, 4) is 0 Å². The van der Waals surface area contributed by atoms with Gasteiger partial charge in [-0.1, -0.05) is 15.9 Å². The van der Waals surface area contributed by atoms with Crippen LogP contribution >= 0.6 is 32.9 Å². The first-order valence-corrected chi connectivity index (χ1v) is 3.95. The van der Waals surface area contributed by atoms with Crippen LogP contribution in [-0.4, -0.2) is 23.7 Å². The number of alkyl halides is 1. The van der Waals surface area contributed by atoms with E-state index in [1.807, 2.05) is 13.8 Å². The van der Waals surface area contributed by atoms with Crippen molar-refractivity contribution in [3.05, 3.63) is 0 Å². The fourth-order valence-electron chi connectivity index (χ4n) is 0.306. The van der Waals surface area contributed by atoms with Crippen molar-refractivity contribution < 1.29 is 4.79 Å². The molecular weight excluding hydrogens is 262 g/mol. The predicted molar refractivity (Wildman–Crippen MR) is 52.3 cm³/mol. The average molecular weight is 275 g/mol. The van der Waals surface area contributed by atoms with Gasteiger partial charge in [-0.25, -0.2) is 0 Å². The molecule has 62 valence electrons. The fraction of sp³-hybridized carbons (Fsp3) is 0.833. The maximum atomic E-state index is 11.0. The van der Waals surface area contributed by atoms with Gasteiger partial charge in [0, 0.05) is 0 Å². The lowest BCUT2D eigenvalue weighted by molar-refractivity contribution is -0.121. The molecule has 0 aliphatic rings. The van der Waals surface area contributed by atoms with Crippen molar-refractivity contribution in [2.75, 3.05) is 12.4 Å². The van der Waals surface area contributed by atoms with Gasteiger partial charge < -0.3 is 5.32 Å². The van der Waals surface area contributed by atoms with E-state index in [1.54, 1.807) is 7.05 Å². The van der Waals surface area contributed by atoms with Crippen molar-refractivity contribution >= 4 is 38.7 Å². The molecule has 0 bridgehead atoms. The normalized spacial score (nSPS) is 10.4. The molecule has 0 aromatic rings. The molecule has 0 aromatic heterocycles. The highest BCUT2D eigenvalue weighted by atomic mass is 79.9. The number of hydrogen-bond acceptors (Lipinski definition) is 2. The maximum Gasteiger partial charge on any atom is 0.162 e. The van der Waals surface area contributed by atoms with Crippen LogP contribution in [0.4, 0.5) is 0 Å². The van der Waals surface area contributed by atoms with Gasteiger partial charge >= 0.3 is 0 Å². The zero-order chi connectivity index (χ0) is 7.49. The summed E-state index contributed by atoms with van der Waals surface area (Å²) in [5, 5.41) is 3.33. The standard InChI is InChI=1S/C6H12BrNO.BrH/c1-6(2,8-3)5(9)4-7;/h8H,4H2,1-3H3;1H. The van der Waals surface area contributed by atoms with Gasteiger partial charge in [-0.2, -0.15) is 0 Å². The summed E-state index contributed by atoms with van der Waals surface area (Å²) in [4.78, 5) is 11.0. The summed E-state index contributed by atoms with van der Waals surface area (Å²) in [7, 11) is 1.78. The Balaban J connectivity index is 0. The van der Waals surface area contributed by atoms with Crippen LogP contribution in [0.15, 0.2) is 0 Å². The Bertz CT molecular complexity index is 114. The Morgan fingerprint density at radius 3 is 2.10 bits per heavy atom. The smallest absolute Gasteiger partial charge is 0.162 e. The summed E-state index contributed by atoms with van der Waals surface area (Å²) in [6.07, 6.45) is 0. The molecule has 0 aliphatic heterocycles. The topological polar surface area (TPSA) is 29.1 Å². The van der Waals surface area contributed by atoms with E-state index in [2.05, 4.69) is 21.2 Å². The number of nitrogens with one attached hydrogen (secondary N) is 1. The predicted octanol–water partition coefficient (Wildman–Crippen LogP) is 1.53. The van der Waals surface area contributed by atoms with Gasteiger partial charge in [-0.15, -0.1) is 17.0 Å². The lowest BCUT2D eigenvalue weighted by atomic mass is 10.0. The summed E-state index contributed by atoms with van der Waals surface area (Å²) < 4.78 is 0. The lowest BCUT2D eigenvalue weighted by Gasteiger charge is -2.20. The van der Waals surface area contributed by atoms with Crippen LogP contribution < -0.4 is 5.32 Å². The quantitative estimate of drug-likeness (QED) is 0.791. The van der Waals surface area contributed by atoms with E-state index in [4.69, 9.17) is 0 Å². The highest BCUT2D eigenvalue weighted by Gasteiger charge is 2.22. The molecular formula is C6H13Br2NO. The summed E-state index contributed by atoms with van der Waals surface area (Å²) in [5.41, 5.74) is -0.385. The molecule has 0 unspecified atom stereocenters. The molecule has 0 atom stereocenters. The van der Waals surface area contributed by atoms with E-state index in [-0.39, 0.29) is 28.3 Å². The Kier molecular flexibility index (Phi) is 6.95. The van der Waals surface area contributed by atoms with Crippen LogP contribution in [0.5, 0.6) is 0 Å². The third-order valence-corrected chi connectivity index (χ3v) is 1.95. The Morgan fingerprint density at radius 1 is 1.60 bits per heavy atom. The second-order valence-corrected chi connectivity index (χ2v) is 2.99. The molecule has 10 heavy (non-hydrogen) atoms. The number of carbonyl (C=O) groups is 1. The van der Waals surface area contributed by atoms with Gasteiger partial charge in [0.1, 0.15) is 0 Å². The molecule has 0 heterocycles. The highest BCUT2D eigenvalue weighted by Crippen LogP contribution is 2.03. The van der Waals surface area contributed by atoms with Gasteiger partial charge in [0.25, 0.3) is 0 Å². The second kappa shape index (κ2) is 5.27. The van der Waals surface area contributed by atoms with E-state index >= 15 is 0 Å². The third-order valence-electron chi connectivity index (χ3n) is 1.44. The number of ketones is 1. The molecule has 0 radical (unpaired) electrons. The largest absolute Gasteiger partial charge is 0.308 e. The van der Waals surface area contributed by atoms with Crippen molar-refractivity contribution in [2.45, 2.75) is 19.4 Å². The van der Waals surface area contributed by atoms with Crippen LogP contribution in [0.2, 0.25) is 0 Å². The van der Waals surface area contributed by atoms with Crippen molar-refractivity contribution in [3.63, 3.8) is 0 Å². The van der Waals surface area contributed by atoms with Gasteiger partial charge in [-0.3, -0.25) is 4.79 Å². The van der Waals surface area contributed by atoms with Crippen LogP contribution in [-0.2, 0) is 4.79 Å². The summed E-state index contributed by atoms with van der Waals surface area (Å²) in [6.45, 7) is 3.72. The van der Waals surface area contributed by atoms with E-state index in [0.717, 1.165) is 0 Å². The fourth-order valence-corrected chi connectivity index (χ4v) is 1.01. The second-order valence-electron chi connectivity index (χ2n) is 2.43. The molecule has 4 heteroatoms. The summed E-state index contributed by atoms with van der Waals surface area (Å²) in [5.74, 6) is 0.171. The van der Waals surface area contributed by atoms with Crippen molar-refractivity contribution in [1.29, 1.82) is 0 Å². The summed E-state index contributed by atoms with van der Waals surface area (Å²) in [6, 6.07) is 0. The highest BCUT2D eigenvalue weighted by molar-refractivity contribution is 9.09. The number of hydrogen-bond donors (Lipinski definition) is 1. The zero-order valence-electron chi connectivity index (χ0n) is 6.40. The Hall–Kier alpha value is 0.590. The van der Waals surface area contributed by atoms with Gasteiger partial charge in [0.05, 0.1) is 10.9 Å². The SMILES string of the molecule is Br.CNC(C)(C)C(=O)CBr. The van der Waals surface area contributed by atoms with Crippen molar-refractivity contribution in [1.82, 2.24) is 5.32 Å². The molecule has 2 nitrogen and oxygen atoms in total. The molecule has 0 saturated heterocycles. The molecule has 0 rings (SSSR count). The Morgan fingerprint density at radius 2 is 2.00 bits per heavy atom. The number of carbonyl (C=O) groups excluding carboxylic acids is 1. The first-order chi connectivity index (χ1) is 4.04. The average Bonchev–Trinajstić information content (AvgIpc) is 1.86. The zero-order valence-corrected chi connectivity index (χ0v) is 9.70. The minimum Gasteiger partial charge on any atom is -0.308 e. The van der Waals surface area contributed by atoms with E-state index in [9.17, 15) is 4.79 Å². The molecule has 0 saturated carbocycles. The molecule has 0 spiro atoms. The number of rotatable bonds is 3. The minimum atomic E-state index is -0.385. The number of likely N-dealkylation sites (N-methyl/N-ethyl adjacent to an activating group) is 1. The minimum absolute atomic E-state index is 0. The first kappa shape index (κ1) is 13.2. The van der Waals surface area contributed by atoms with Gasteiger partial charge in [0.2, 0.25) is 0 Å². The van der Waals surface area contributed by atoms with E-state index < -0.39 is 0 Å². The molecule has 0 aliphatic carbocycles. The number of Topliss-reactive ketones (excluding diaryl/α,β-unsaturated/α-hetero) is 1. The van der Waals surface area contributed by atoms with Crippen LogP contribution in [0, 0.1) is 0 Å². The van der Waals surface area contributed by atoms with E-state index in [0.29, 0.717) is 5.33 Å². The van der Waals surface area contributed by atoms with Crippen LogP contribution in [0.1, 0.15) is 13.8 Å². The van der Waals surface area contributed by atoms with Crippen LogP contribution in [0.25, 0.3) is 0 Å². The lowest BCUT2D eigenvalue weighted by Crippen LogP contribution is -2.45. The van der Waals surface area contributed by atoms with Crippen molar-refractivity contribution in [2.24, 2.45) is 0 Å². The van der Waals surface area contributed by atoms with Gasteiger partial charge in [-0.05, 0) is 20.9 Å².